The zero-order valence-electron chi connectivity index (χ0n) is 12.3. The van der Waals surface area contributed by atoms with Gasteiger partial charge in [0, 0.05) is 24.9 Å². The molecule has 0 N–H and O–H groups in total. The summed E-state index contributed by atoms with van der Waals surface area (Å²) in [5.41, 5.74) is -0.473. The highest BCUT2D eigenvalue weighted by molar-refractivity contribution is 5.84. The first-order valence-corrected chi connectivity index (χ1v) is 7.41. The molecule has 1 aliphatic heterocycles. The van der Waals surface area contributed by atoms with E-state index in [0.29, 0.717) is 12.2 Å². The fourth-order valence-corrected chi connectivity index (χ4v) is 3.17. The Hall–Kier alpha value is -1.06. The second-order valence-corrected chi connectivity index (χ2v) is 6.70. The van der Waals surface area contributed by atoms with E-state index in [1.54, 1.807) is 0 Å². The Bertz CT molecular complexity index is 359. The number of nitrogens with zero attached hydrogens (tertiary/aromatic N) is 1. The summed E-state index contributed by atoms with van der Waals surface area (Å²) >= 11 is 0. The van der Waals surface area contributed by atoms with Crippen LogP contribution in [0.1, 0.15) is 59.3 Å². The van der Waals surface area contributed by atoms with E-state index < -0.39 is 5.60 Å². The lowest BCUT2D eigenvalue weighted by atomic mass is 9.89. The predicted molar refractivity (Wildman–Crippen MR) is 72.9 cm³/mol. The van der Waals surface area contributed by atoms with E-state index in [4.69, 9.17) is 4.74 Å². The van der Waals surface area contributed by atoms with E-state index in [9.17, 15) is 9.59 Å². The Balaban J connectivity index is 2.07. The van der Waals surface area contributed by atoms with Crippen LogP contribution in [0, 0.1) is 5.92 Å². The van der Waals surface area contributed by atoms with Crippen molar-refractivity contribution in [1.82, 2.24) is 4.90 Å². The van der Waals surface area contributed by atoms with Gasteiger partial charge >= 0.3 is 6.09 Å². The fraction of sp³-hybridized carbons (Fsp3) is 0.867. The molecule has 1 heterocycles. The van der Waals surface area contributed by atoms with Gasteiger partial charge in [0.25, 0.3) is 0 Å². The summed E-state index contributed by atoms with van der Waals surface area (Å²) in [5, 5.41) is 0. The number of rotatable bonds is 1. The second-order valence-electron chi connectivity index (χ2n) is 6.70. The molecular weight excluding hydrogens is 242 g/mol. The maximum atomic E-state index is 12.3. The van der Waals surface area contributed by atoms with Gasteiger partial charge in [-0.2, -0.15) is 0 Å². The summed E-state index contributed by atoms with van der Waals surface area (Å²) in [7, 11) is 0. The van der Waals surface area contributed by atoms with Gasteiger partial charge in [-0.1, -0.05) is 0 Å². The first-order valence-electron chi connectivity index (χ1n) is 7.41. The Labute approximate surface area is 115 Å². The number of likely N-dealkylation sites (tertiary alicyclic amines) is 1. The number of Topliss-reactive ketones (excluding diaryl/α,β-unsaturated/α-hetero) is 1. The van der Waals surface area contributed by atoms with Crippen LogP contribution in [0.4, 0.5) is 4.79 Å². The van der Waals surface area contributed by atoms with Gasteiger partial charge in [0.1, 0.15) is 11.4 Å². The Morgan fingerprint density at radius 1 is 1.21 bits per heavy atom. The monoisotopic (exact) mass is 267 g/mol. The molecule has 0 bridgehead atoms. The predicted octanol–water partition coefficient (Wildman–Crippen LogP) is 3.15. The minimum absolute atomic E-state index is 0.0489. The highest BCUT2D eigenvalue weighted by Crippen LogP contribution is 2.33. The zero-order valence-corrected chi connectivity index (χ0v) is 12.3. The zero-order chi connectivity index (χ0) is 14.0. The van der Waals surface area contributed by atoms with Gasteiger partial charge in [-0.15, -0.1) is 0 Å². The minimum Gasteiger partial charge on any atom is -0.444 e. The van der Waals surface area contributed by atoms with Gasteiger partial charge in [0.05, 0.1) is 0 Å². The van der Waals surface area contributed by atoms with Crippen molar-refractivity contribution < 1.29 is 14.3 Å². The molecule has 0 radical (unpaired) electrons. The lowest BCUT2D eigenvalue weighted by molar-refractivity contribution is -0.122. The quantitative estimate of drug-likeness (QED) is 0.733. The van der Waals surface area contributed by atoms with Gasteiger partial charge in [0.2, 0.25) is 0 Å². The molecule has 1 saturated heterocycles. The van der Waals surface area contributed by atoms with Crippen LogP contribution in [0.3, 0.4) is 0 Å². The number of ketones is 1. The summed E-state index contributed by atoms with van der Waals surface area (Å²) in [5.74, 6) is 0.383. The van der Waals surface area contributed by atoms with Gasteiger partial charge in [-0.05, 0) is 52.9 Å². The van der Waals surface area contributed by atoms with Crippen LogP contribution in [-0.4, -0.2) is 35.0 Å². The van der Waals surface area contributed by atoms with E-state index in [0.717, 1.165) is 38.6 Å². The van der Waals surface area contributed by atoms with Crippen molar-refractivity contribution in [1.29, 1.82) is 0 Å². The molecule has 4 heteroatoms. The average molecular weight is 267 g/mol. The molecule has 19 heavy (non-hydrogen) atoms. The second kappa shape index (κ2) is 5.51. The van der Waals surface area contributed by atoms with Gasteiger partial charge in [0.15, 0.2) is 0 Å². The van der Waals surface area contributed by atoms with Crippen LogP contribution in [0.5, 0.6) is 0 Å². The molecule has 0 unspecified atom stereocenters. The minimum atomic E-state index is -0.473. The molecule has 108 valence electrons. The molecule has 4 nitrogen and oxygen atoms in total. The molecule has 2 atom stereocenters. The molecule has 2 rings (SSSR count). The van der Waals surface area contributed by atoms with E-state index in [-0.39, 0.29) is 18.1 Å². The Kier molecular flexibility index (Phi) is 4.16. The van der Waals surface area contributed by atoms with E-state index in [1.807, 2.05) is 25.7 Å². The number of hydrogen-bond acceptors (Lipinski definition) is 3. The van der Waals surface area contributed by atoms with Crippen molar-refractivity contribution >= 4 is 11.9 Å². The average Bonchev–Trinajstić information content (AvgIpc) is 2.73. The number of carbonyl (C=O) groups excluding carboxylic acids is 2. The van der Waals surface area contributed by atoms with E-state index in [2.05, 4.69) is 0 Å². The fourth-order valence-electron chi connectivity index (χ4n) is 3.17. The third-order valence-corrected chi connectivity index (χ3v) is 3.99. The number of carbonyl (C=O) groups is 2. The molecule has 1 aliphatic carbocycles. The largest absolute Gasteiger partial charge is 0.444 e. The molecule has 0 aromatic rings. The summed E-state index contributed by atoms with van der Waals surface area (Å²) < 4.78 is 5.48. The third kappa shape index (κ3) is 3.48. The van der Waals surface area contributed by atoms with Crippen molar-refractivity contribution in [2.75, 3.05) is 6.54 Å². The van der Waals surface area contributed by atoms with Crippen molar-refractivity contribution in [2.45, 2.75) is 70.9 Å². The molecule has 0 spiro atoms. The van der Waals surface area contributed by atoms with Crippen molar-refractivity contribution in [3.8, 4) is 0 Å². The maximum Gasteiger partial charge on any atom is 0.410 e. The first-order chi connectivity index (χ1) is 8.88. The highest BCUT2D eigenvalue weighted by atomic mass is 16.6. The molecule has 2 fully saturated rings. The van der Waals surface area contributed by atoms with Crippen LogP contribution in [0.2, 0.25) is 0 Å². The smallest absolute Gasteiger partial charge is 0.410 e. The van der Waals surface area contributed by atoms with Crippen LogP contribution in [0.25, 0.3) is 0 Å². The molecule has 1 amide bonds. The van der Waals surface area contributed by atoms with Crippen LogP contribution in [-0.2, 0) is 9.53 Å². The summed E-state index contributed by atoms with van der Waals surface area (Å²) in [6.07, 6.45) is 5.39. The summed E-state index contributed by atoms with van der Waals surface area (Å²) in [6, 6.07) is 0.0681. The summed E-state index contributed by atoms with van der Waals surface area (Å²) in [4.78, 5) is 26.0. The number of piperidine rings is 1. The molecule has 0 aromatic carbocycles. The number of hydrogen-bond donors (Lipinski definition) is 0. The van der Waals surface area contributed by atoms with Crippen molar-refractivity contribution in [3.05, 3.63) is 0 Å². The SMILES string of the molecule is CC(C)(C)OC(=O)N1CCCC[C@H]1[C@@H]1CCCC1=O. The number of amides is 1. The normalized spacial score (nSPS) is 28.6. The van der Waals surface area contributed by atoms with Crippen LogP contribution < -0.4 is 0 Å². The summed E-state index contributed by atoms with van der Waals surface area (Å²) in [6.45, 7) is 6.36. The Morgan fingerprint density at radius 3 is 2.53 bits per heavy atom. The molecular formula is C15H25NO3. The van der Waals surface area contributed by atoms with Crippen LogP contribution in [0.15, 0.2) is 0 Å². The van der Waals surface area contributed by atoms with E-state index >= 15 is 0 Å². The number of ether oxygens (including phenoxy) is 1. The van der Waals surface area contributed by atoms with Gasteiger partial charge < -0.3 is 9.64 Å². The lowest BCUT2D eigenvalue weighted by Crippen LogP contribution is -2.50. The van der Waals surface area contributed by atoms with Gasteiger partial charge in [-0.25, -0.2) is 4.79 Å². The Morgan fingerprint density at radius 2 is 1.95 bits per heavy atom. The highest BCUT2D eigenvalue weighted by Gasteiger charge is 2.40. The van der Waals surface area contributed by atoms with Crippen molar-refractivity contribution in [3.63, 3.8) is 0 Å². The molecule has 2 aliphatic rings. The lowest BCUT2D eigenvalue weighted by Gasteiger charge is -2.39. The van der Waals surface area contributed by atoms with Crippen LogP contribution >= 0.6 is 0 Å². The first kappa shape index (κ1) is 14.4. The van der Waals surface area contributed by atoms with Crippen molar-refractivity contribution in [2.24, 2.45) is 5.92 Å². The molecule has 0 aromatic heterocycles. The van der Waals surface area contributed by atoms with E-state index in [1.165, 1.54) is 0 Å². The maximum absolute atomic E-state index is 12.3. The standard InChI is InChI=1S/C15H25NO3/c1-15(2,3)19-14(18)16-10-5-4-8-12(16)11-7-6-9-13(11)17/h11-12H,4-10H2,1-3H3/t11-,12-/m0/s1. The molecule has 1 saturated carbocycles. The van der Waals surface area contributed by atoms with Gasteiger partial charge in [-0.3, -0.25) is 4.79 Å². The third-order valence-electron chi connectivity index (χ3n) is 3.99. The topological polar surface area (TPSA) is 46.6 Å².